The third kappa shape index (κ3) is 2.25. The lowest BCUT2D eigenvalue weighted by Crippen LogP contribution is -2.12. The van der Waals surface area contributed by atoms with Gasteiger partial charge in [-0.2, -0.15) is 0 Å². The van der Waals surface area contributed by atoms with Crippen molar-refractivity contribution in [2.45, 2.75) is 39.2 Å². The van der Waals surface area contributed by atoms with Crippen LogP contribution >= 0.6 is 0 Å². The predicted molar refractivity (Wildman–Crippen MR) is 72.2 cm³/mol. The van der Waals surface area contributed by atoms with Crippen molar-refractivity contribution in [2.75, 3.05) is 6.54 Å². The van der Waals surface area contributed by atoms with Gasteiger partial charge in [-0.1, -0.05) is 6.92 Å². The molecular weight excluding hydrogens is 229 g/mol. The molecule has 3 nitrogen and oxygen atoms in total. The fourth-order valence-corrected chi connectivity index (χ4v) is 2.35. The molecule has 2 rings (SSSR count). The van der Waals surface area contributed by atoms with Crippen LogP contribution in [0.5, 0.6) is 0 Å². The molecule has 0 spiro atoms. The first kappa shape index (κ1) is 13.0. The third-order valence-corrected chi connectivity index (χ3v) is 3.24. The molecule has 0 fully saturated rings. The summed E-state index contributed by atoms with van der Waals surface area (Å²) in [5.41, 5.74) is 7.33. The Balaban J connectivity index is 2.61. The van der Waals surface area contributed by atoms with E-state index in [1.165, 1.54) is 6.07 Å². The van der Waals surface area contributed by atoms with E-state index in [9.17, 15) is 4.39 Å². The van der Waals surface area contributed by atoms with Crippen LogP contribution in [0, 0.1) is 5.82 Å². The van der Waals surface area contributed by atoms with Crippen LogP contribution in [-0.4, -0.2) is 16.1 Å². The maximum Gasteiger partial charge on any atom is 0.125 e. The molecule has 0 aliphatic heterocycles. The minimum atomic E-state index is -0.220. The fourth-order valence-electron chi connectivity index (χ4n) is 2.35. The first-order valence-corrected chi connectivity index (χ1v) is 6.42. The molecule has 0 aliphatic carbocycles. The molecule has 4 heteroatoms. The molecule has 0 saturated heterocycles. The van der Waals surface area contributed by atoms with E-state index in [1.807, 2.05) is 0 Å². The maximum absolute atomic E-state index is 13.4. The molecule has 1 unspecified atom stereocenters. The van der Waals surface area contributed by atoms with Crippen molar-refractivity contribution in [3.63, 3.8) is 0 Å². The first-order valence-electron chi connectivity index (χ1n) is 6.42. The summed E-state index contributed by atoms with van der Waals surface area (Å²) in [4.78, 5) is 4.63. The van der Waals surface area contributed by atoms with Gasteiger partial charge in [0.1, 0.15) is 11.6 Å². The van der Waals surface area contributed by atoms with Crippen LogP contribution in [0.2, 0.25) is 0 Å². The minimum absolute atomic E-state index is 0.220. The van der Waals surface area contributed by atoms with E-state index in [4.69, 9.17) is 5.73 Å². The SMILES string of the molecule is CC(CCN)c1nc2ccc(F)cc2n1C(C)C. The lowest BCUT2D eigenvalue weighted by Gasteiger charge is -2.17. The number of nitrogens with zero attached hydrogens (tertiary/aromatic N) is 2. The highest BCUT2D eigenvalue weighted by molar-refractivity contribution is 5.76. The predicted octanol–water partition coefficient (Wildman–Crippen LogP) is 3.21. The van der Waals surface area contributed by atoms with E-state index in [2.05, 4.69) is 30.3 Å². The lowest BCUT2D eigenvalue weighted by atomic mass is 10.1. The normalized spacial score (nSPS) is 13.4. The van der Waals surface area contributed by atoms with Gasteiger partial charge in [0.2, 0.25) is 0 Å². The zero-order valence-corrected chi connectivity index (χ0v) is 11.2. The van der Waals surface area contributed by atoms with Crippen molar-refractivity contribution >= 4 is 11.0 Å². The highest BCUT2D eigenvalue weighted by Crippen LogP contribution is 2.27. The van der Waals surface area contributed by atoms with E-state index >= 15 is 0 Å². The number of imidazole rings is 1. The van der Waals surface area contributed by atoms with Crippen LogP contribution in [0.1, 0.15) is 45.0 Å². The van der Waals surface area contributed by atoms with Gasteiger partial charge in [0.25, 0.3) is 0 Å². The van der Waals surface area contributed by atoms with Crippen molar-refractivity contribution in [1.29, 1.82) is 0 Å². The van der Waals surface area contributed by atoms with Gasteiger partial charge in [0.05, 0.1) is 11.0 Å². The van der Waals surface area contributed by atoms with Crippen LogP contribution in [0.3, 0.4) is 0 Å². The van der Waals surface area contributed by atoms with Crippen LogP contribution in [-0.2, 0) is 0 Å². The van der Waals surface area contributed by atoms with E-state index in [1.54, 1.807) is 12.1 Å². The second-order valence-electron chi connectivity index (χ2n) is 5.05. The van der Waals surface area contributed by atoms with Gasteiger partial charge in [-0.3, -0.25) is 0 Å². The molecular formula is C14H20FN3. The Morgan fingerprint density at radius 2 is 2.06 bits per heavy atom. The molecule has 1 aromatic heterocycles. The number of halogens is 1. The van der Waals surface area contributed by atoms with Gasteiger partial charge < -0.3 is 10.3 Å². The summed E-state index contributed by atoms with van der Waals surface area (Å²) in [6, 6.07) is 5.01. The summed E-state index contributed by atoms with van der Waals surface area (Å²) in [6.45, 7) is 6.93. The Labute approximate surface area is 107 Å². The van der Waals surface area contributed by atoms with E-state index in [0.29, 0.717) is 6.54 Å². The maximum atomic E-state index is 13.4. The van der Waals surface area contributed by atoms with Crippen molar-refractivity contribution in [3.8, 4) is 0 Å². The molecule has 1 heterocycles. The average molecular weight is 249 g/mol. The third-order valence-electron chi connectivity index (χ3n) is 3.24. The highest BCUT2D eigenvalue weighted by atomic mass is 19.1. The average Bonchev–Trinajstić information content (AvgIpc) is 2.67. The summed E-state index contributed by atoms with van der Waals surface area (Å²) in [7, 11) is 0. The van der Waals surface area contributed by atoms with Crippen LogP contribution < -0.4 is 5.73 Å². The number of fused-ring (bicyclic) bond motifs is 1. The fraction of sp³-hybridized carbons (Fsp3) is 0.500. The summed E-state index contributed by atoms with van der Waals surface area (Å²) < 4.78 is 15.5. The van der Waals surface area contributed by atoms with Gasteiger partial charge in [0.15, 0.2) is 0 Å². The number of nitrogens with two attached hydrogens (primary N) is 1. The molecule has 2 aromatic rings. The molecule has 2 N–H and O–H groups in total. The van der Waals surface area contributed by atoms with Crippen LogP contribution in [0.15, 0.2) is 18.2 Å². The first-order chi connectivity index (χ1) is 8.54. The molecule has 1 aromatic carbocycles. The Hall–Kier alpha value is -1.42. The Bertz CT molecular complexity index is 545. The molecule has 1 atom stereocenters. The zero-order valence-electron chi connectivity index (χ0n) is 11.2. The number of hydrogen-bond acceptors (Lipinski definition) is 2. The van der Waals surface area contributed by atoms with Gasteiger partial charge in [0, 0.05) is 12.0 Å². The quantitative estimate of drug-likeness (QED) is 0.904. The summed E-state index contributed by atoms with van der Waals surface area (Å²) >= 11 is 0. The number of rotatable bonds is 4. The Morgan fingerprint density at radius 3 is 2.67 bits per heavy atom. The van der Waals surface area contributed by atoms with E-state index in [-0.39, 0.29) is 17.8 Å². The molecule has 0 radical (unpaired) electrons. The van der Waals surface area contributed by atoms with Gasteiger partial charge in [-0.05, 0) is 45.0 Å². The number of hydrogen-bond donors (Lipinski definition) is 1. The highest BCUT2D eigenvalue weighted by Gasteiger charge is 2.18. The van der Waals surface area contributed by atoms with Crippen molar-refractivity contribution in [1.82, 2.24) is 9.55 Å². The Kier molecular flexibility index (Phi) is 3.66. The lowest BCUT2D eigenvalue weighted by molar-refractivity contribution is 0.537. The van der Waals surface area contributed by atoms with E-state index < -0.39 is 0 Å². The second-order valence-corrected chi connectivity index (χ2v) is 5.05. The van der Waals surface area contributed by atoms with E-state index in [0.717, 1.165) is 23.3 Å². The van der Waals surface area contributed by atoms with Gasteiger partial charge in [-0.25, -0.2) is 9.37 Å². The Morgan fingerprint density at radius 1 is 1.33 bits per heavy atom. The van der Waals surface area contributed by atoms with Crippen LogP contribution in [0.25, 0.3) is 11.0 Å². The molecule has 0 bridgehead atoms. The molecule has 0 aliphatic rings. The number of aromatic nitrogens is 2. The monoisotopic (exact) mass is 249 g/mol. The van der Waals surface area contributed by atoms with Gasteiger partial charge >= 0.3 is 0 Å². The van der Waals surface area contributed by atoms with Gasteiger partial charge in [-0.15, -0.1) is 0 Å². The minimum Gasteiger partial charge on any atom is -0.330 e. The zero-order chi connectivity index (χ0) is 13.3. The van der Waals surface area contributed by atoms with Crippen molar-refractivity contribution in [2.24, 2.45) is 5.73 Å². The molecule has 98 valence electrons. The molecule has 0 amide bonds. The molecule has 18 heavy (non-hydrogen) atoms. The number of benzene rings is 1. The topological polar surface area (TPSA) is 43.8 Å². The van der Waals surface area contributed by atoms with Crippen molar-refractivity contribution in [3.05, 3.63) is 29.8 Å². The molecule has 0 saturated carbocycles. The summed E-state index contributed by atoms with van der Waals surface area (Å²) in [5.74, 6) is 1.06. The summed E-state index contributed by atoms with van der Waals surface area (Å²) in [6.07, 6.45) is 0.887. The standard InChI is InChI=1S/C14H20FN3/c1-9(2)18-13-8-11(15)4-5-12(13)17-14(18)10(3)6-7-16/h4-5,8-10H,6-7,16H2,1-3H3. The largest absolute Gasteiger partial charge is 0.330 e. The van der Waals surface area contributed by atoms with Crippen molar-refractivity contribution < 1.29 is 4.39 Å². The van der Waals surface area contributed by atoms with Crippen LogP contribution in [0.4, 0.5) is 4.39 Å². The smallest absolute Gasteiger partial charge is 0.125 e. The second kappa shape index (κ2) is 5.06. The summed E-state index contributed by atoms with van der Waals surface area (Å²) in [5, 5.41) is 0.